The van der Waals surface area contributed by atoms with Crippen LogP contribution >= 0.6 is 12.2 Å². The first-order valence-electron chi connectivity index (χ1n) is 8.06. The van der Waals surface area contributed by atoms with Gasteiger partial charge in [-0.05, 0) is 41.9 Å². The number of hydrogen-bond acceptors (Lipinski definition) is 2. The fourth-order valence-electron chi connectivity index (χ4n) is 2.46. The first kappa shape index (κ1) is 17.1. The van der Waals surface area contributed by atoms with Crippen molar-refractivity contribution in [2.45, 2.75) is 13.0 Å². The van der Waals surface area contributed by atoms with E-state index in [0.717, 1.165) is 18.5 Å². The number of thiocarbonyl (C=S) groups is 1. The molecular formula is C19H19FN4S. The third-order valence-electron chi connectivity index (χ3n) is 3.66. The lowest BCUT2D eigenvalue weighted by Crippen LogP contribution is -2.30. The minimum Gasteiger partial charge on any atom is -0.362 e. The average molecular weight is 354 g/mol. The van der Waals surface area contributed by atoms with Gasteiger partial charge in [0, 0.05) is 18.8 Å². The van der Waals surface area contributed by atoms with Crippen LogP contribution in [0.25, 0.3) is 0 Å². The van der Waals surface area contributed by atoms with E-state index < -0.39 is 0 Å². The summed E-state index contributed by atoms with van der Waals surface area (Å²) in [6.07, 6.45) is 2.73. The molecule has 0 amide bonds. The molecule has 2 N–H and O–H groups in total. The highest BCUT2D eigenvalue weighted by molar-refractivity contribution is 7.80. The summed E-state index contributed by atoms with van der Waals surface area (Å²) in [6.45, 7) is 1.26. The first-order valence-corrected chi connectivity index (χ1v) is 8.46. The SMILES string of the molecule is Fc1cccc(Cn2ccc(NC(=S)NCCc3ccccc3)n2)c1. The second kappa shape index (κ2) is 8.39. The highest BCUT2D eigenvalue weighted by Crippen LogP contribution is 2.08. The highest BCUT2D eigenvalue weighted by atomic mass is 32.1. The number of hydrogen-bond donors (Lipinski definition) is 2. The van der Waals surface area contributed by atoms with Gasteiger partial charge in [-0.1, -0.05) is 42.5 Å². The number of halogens is 1. The summed E-state index contributed by atoms with van der Waals surface area (Å²) >= 11 is 5.29. The van der Waals surface area contributed by atoms with Gasteiger partial charge in [-0.15, -0.1) is 0 Å². The summed E-state index contributed by atoms with van der Waals surface area (Å²) in [5.74, 6) is 0.417. The normalized spacial score (nSPS) is 10.4. The van der Waals surface area contributed by atoms with Crippen LogP contribution in [0, 0.1) is 5.82 Å². The van der Waals surface area contributed by atoms with E-state index >= 15 is 0 Å². The van der Waals surface area contributed by atoms with Crippen molar-refractivity contribution in [1.82, 2.24) is 15.1 Å². The molecule has 1 aromatic heterocycles. The molecule has 2 aromatic carbocycles. The lowest BCUT2D eigenvalue weighted by atomic mass is 10.1. The largest absolute Gasteiger partial charge is 0.362 e. The van der Waals surface area contributed by atoms with Gasteiger partial charge in [-0.2, -0.15) is 5.10 Å². The Morgan fingerprint density at radius 3 is 2.64 bits per heavy atom. The molecule has 128 valence electrons. The summed E-state index contributed by atoms with van der Waals surface area (Å²) < 4.78 is 15.0. The minimum atomic E-state index is -0.244. The molecule has 0 radical (unpaired) electrons. The van der Waals surface area contributed by atoms with Crippen molar-refractivity contribution in [2.75, 3.05) is 11.9 Å². The lowest BCUT2D eigenvalue weighted by Gasteiger charge is -2.08. The van der Waals surface area contributed by atoms with Crippen LogP contribution in [0.1, 0.15) is 11.1 Å². The molecule has 0 spiro atoms. The number of anilines is 1. The predicted molar refractivity (Wildman–Crippen MR) is 102 cm³/mol. The van der Waals surface area contributed by atoms with Gasteiger partial charge in [0.1, 0.15) is 5.82 Å². The van der Waals surface area contributed by atoms with Crippen LogP contribution in [-0.2, 0) is 13.0 Å². The summed E-state index contributed by atoms with van der Waals surface area (Å²) in [7, 11) is 0. The van der Waals surface area contributed by atoms with Crippen molar-refractivity contribution in [3.05, 3.63) is 83.8 Å². The zero-order valence-electron chi connectivity index (χ0n) is 13.7. The van der Waals surface area contributed by atoms with Crippen molar-refractivity contribution in [2.24, 2.45) is 0 Å². The average Bonchev–Trinajstić information content (AvgIpc) is 3.02. The third kappa shape index (κ3) is 5.39. The first-order chi connectivity index (χ1) is 12.2. The van der Waals surface area contributed by atoms with Gasteiger partial charge in [-0.3, -0.25) is 4.68 Å². The van der Waals surface area contributed by atoms with E-state index in [1.807, 2.05) is 36.5 Å². The number of nitrogens with one attached hydrogen (secondary N) is 2. The fraction of sp³-hybridized carbons (Fsp3) is 0.158. The monoisotopic (exact) mass is 354 g/mol. The quantitative estimate of drug-likeness (QED) is 0.664. The molecule has 4 nitrogen and oxygen atoms in total. The maximum absolute atomic E-state index is 13.2. The van der Waals surface area contributed by atoms with Crippen molar-refractivity contribution >= 4 is 23.1 Å². The van der Waals surface area contributed by atoms with Gasteiger partial charge in [0.2, 0.25) is 0 Å². The second-order valence-corrected chi connectivity index (χ2v) is 6.05. The molecule has 0 saturated carbocycles. The molecule has 0 aliphatic rings. The highest BCUT2D eigenvalue weighted by Gasteiger charge is 2.03. The van der Waals surface area contributed by atoms with Gasteiger partial charge in [0.25, 0.3) is 0 Å². The number of rotatable bonds is 6. The maximum atomic E-state index is 13.2. The smallest absolute Gasteiger partial charge is 0.172 e. The predicted octanol–water partition coefficient (Wildman–Crippen LogP) is 3.60. The summed E-state index contributed by atoms with van der Waals surface area (Å²) in [6, 6.07) is 18.6. The van der Waals surface area contributed by atoms with Crippen LogP contribution in [0.5, 0.6) is 0 Å². The van der Waals surface area contributed by atoms with Crippen molar-refractivity contribution in [1.29, 1.82) is 0 Å². The number of nitrogens with zero attached hydrogens (tertiary/aromatic N) is 2. The van der Waals surface area contributed by atoms with E-state index in [9.17, 15) is 4.39 Å². The van der Waals surface area contributed by atoms with Crippen LogP contribution < -0.4 is 10.6 Å². The van der Waals surface area contributed by atoms with Crippen molar-refractivity contribution in [3.63, 3.8) is 0 Å². The second-order valence-electron chi connectivity index (χ2n) is 5.64. The summed E-state index contributed by atoms with van der Waals surface area (Å²) in [4.78, 5) is 0. The molecule has 0 aliphatic heterocycles. The molecule has 3 rings (SSSR count). The molecule has 0 atom stereocenters. The molecule has 6 heteroatoms. The minimum absolute atomic E-state index is 0.244. The van der Waals surface area contributed by atoms with E-state index in [4.69, 9.17) is 12.2 Å². The zero-order valence-corrected chi connectivity index (χ0v) is 14.5. The zero-order chi connectivity index (χ0) is 17.5. The standard InChI is InChI=1S/C19H19FN4S/c20-17-8-4-7-16(13-17)14-24-12-10-18(23-24)22-19(25)21-11-9-15-5-2-1-3-6-15/h1-8,10,12-13H,9,11,14H2,(H2,21,22,23,25). The molecule has 0 bridgehead atoms. The molecule has 0 saturated heterocycles. The molecule has 0 fully saturated rings. The fourth-order valence-corrected chi connectivity index (χ4v) is 2.67. The van der Waals surface area contributed by atoms with Gasteiger partial charge in [-0.25, -0.2) is 4.39 Å². The van der Waals surface area contributed by atoms with Gasteiger partial charge in [0.15, 0.2) is 10.9 Å². The molecule has 25 heavy (non-hydrogen) atoms. The van der Waals surface area contributed by atoms with Gasteiger partial charge in [0.05, 0.1) is 6.54 Å². The molecular weight excluding hydrogens is 335 g/mol. The Hall–Kier alpha value is -2.73. The van der Waals surface area contributed by atoms with E-state index in [1.165, 1.54) is 17.7 Å². The lowest BCUT2D eigenvalue weighted by molar-refractivity contribution is 0.619. The van der Waals surface area contributed by atoms with Crippen LogP contribution in [0.2, 0.25) is 0 Å². The van der Waals surface area contributed by atoms with Crippen LogP contribution in [0.3, 0.4) is 0 Å². The van der Waals surface area contributed by atoms with E-state index in [1.54, 1.807) is 10.7 Å². The molecule has 0 unspecified atom stereocenters. The Morgan fingerprint density at radius 2 is 1.84 bits per heavy atom. The van der Waals surface area contributed by atoms with E-state index in [0.29, 0.717) is 17.5 Å². The van der Waals surface area contributed by atoms with Crippen molar-refractivity contribution < 1.29 is 4.39 Å². The third-order valence-corrected chi connectivity index (χ3v) is 3.90. The Labute approximate surface area is 151 Å². The van der Waals surface area contributed by atoms with Crippen LogP contribution in [-0.4, -0.2) is 21.4 Å². The Morgan fingerprint density at radius 1 is 1.04 bits per heavy atom. The molecule has 0 aliphatic carbocycles. The van der Waals surface area contributed by atoms with Gasteiger partial charge < -0.3 is 10.6 Å². The van der Waals surface area contributed by atoms with E-state index in [2.05, 4.69) is 27.9 Å². The van der Waals surface area contributed by atoms with Crippen molar-refractivity contribution in [3.8, 4) is 0 Å². The Balaban J connectivity index is 1.46. The van der Waals surface area contributed by atoms with Crippen LogP contribution in [0.4, 0.5) is 10.2 Å². The molecule has 1 heterocycles. The molecule has 3 aromatic rings. The summed E-state index contributed by atoms with van der Waals surface area (Å²) in [5.41, 5.74) is 2.12. The summed E-state index contributed by atoms with van der Waals surface area (Å²) in [5, 5.41) is 11.2. The van der Waals surface area contributed by atoms with E-state index in [-0.39, 0.29) is 5.82 Å². The van der Waals surface area contributed by atoms with Gasteiger partial charge >= 0.3 is 0 Å². The maximum Gasteiger partial charge on any atom is 0.172 e. The number of benzene rings is 2. The Kier molecular flexibility index (Phi) is 5.74. The van der Waals surface area contributed by atoms with Crippen LogP contribution in [0.15, 0.2) is 66.9 Å². The number of aromatic nitrogens is 2. The Bertz CT molecular complexity index is 832. The topological polar surface area (TPSA) is 41.9 Å².